The summed E-state index contributed by atoms with van der Waals surface area (Å²) in [4.78, 5) is 48.0. The molecule has 1 spiro atoms. The van der Waals surface area contributed by atoms with Gasteiger partial charge in [0.1, 0.15) is 17.6 Å². The number of fused-ring (bicyclic) bond motifs is 2. The number of anilines is 2. The van der Waals surface area contributed by atoms with Crippen LogP contribution in [0, 0.1) is 17.8 Å². The third-order valence-corrected chi connectivity index (χ3v) is 9.10. The van der Waals surface area contributed by atoms with Gasteiger partial charge in [0.25, 0.3) is 5.91 Å². The Morgan fingerprint density at radius 1 is 1.02 bits per heavy atom. The maximum Gasteiger partial charge on any atom is 0.313 e. The van der Waals surface area contributed by atoms with Gasteiger partial charge in [-0.1, -0.05) is 38.2 Å². The van der Waals surface area contributed by atoms with Gasteiger partial charge < -0.3 is 29.3 Å². The first-order valence-corrected chi connectivity index (χ1v) is 14.9. The molecular weight excluding hydrogens is 522 g/mol. The van der Waals surface area contributed by atoms with Crippen molar-refractivity contribution in [2.75, 3.05) is 42.6 Å². The van der Waals surface area contributed by atoms with Crippen molar-refractivity contribution in [3.05, 3.63) is 48.6 Å². The van der Waals surface area contributed by atoms with Crippen molar-refractivity contribution in [1.29, 1.82) is 0 Å². The topological polar surface area (TPSA) is 99.6 Å². The monoisotopic (exact) mass is 565 g/mol. The number of rotatable bonds is 8. The van der Waals surface area contributed by atoms with E-state index in [1.54, 1.807) is 11.8 Å². The van der Waals surface area contributed by atoms with E-state index in [1.807, 2.05) is 62.4 Å². The zero-order valence-corrected chi connectivity index (χ0v) is 24.8. The highest BCUT2D eigenvalue weighted by Crippen LogP contribution is 2.57. The summed E-state index contributed by atoms with van der Waals surface area (Å²) in [5, 5.41) is 10.5. The first-order chi connectivity index (χ1) is 19.6. The summed E-state index contributed by atoms with van der Waals surface area (Å²) >= 11 is 0. The Morgan fingerprint density at radius 2 is 1.73 bits per heavy atom. The van der Waals surface area contributed by atoms with E-state index in [2.05, 4.69) is 18.7 Å². The molecule has 0 aromatic heterocycles. The van der Waals surface area contributed by atoms with Crippen molar-refractivity contribution in [2.45, 2.75) is 70.7 Å². The van der Waals surface area contributed by atoms with Crippen molar-refractivity contribution >= 4 is 29.2 Å². The summed E-state index contributed by atoms with van der Waals surface area (Å²) in [7, 11) is 0. The highest BCUT2D eigenvalue weighted by atomic mass is 16.6. The first-order valence-electron chi connectivity index (χ1n) is 14.9. The van der Waals surface area contributed by atoms with Gasteiger partial charge >= 0.3 is 5.97 Å². The van der Waals surface area contributed by atoms with Crippen LogP contribution < -0.4 is 9.80 Å². The quantitative estimate of drug-likeness (QED) is 0.381. The lowest BCUT2D eigenvalue weighted by Gasteiger charge is -2.40. The number of aliphatic hydroxyl groups is 1. The van der Waals surface area contributed by atoms with E-state index < -0.39 is 41.1 Å². The Labute approximate surface area is 242 Å². The molecule has 5 rings (SSSR count). The first kappa shape index (κ1) is 29.3. The SMILES string of the molecule is CCN(CC)c1ccc(N2CC=C[C@]34O[C@]5(C)C=CCCOC(=O)[C@@H]5[C@H]3C(=O)N([C@@H](CO)CC(C)C)C4C2=O)cc1. The summed E-state index contributed by atoms with van der Waals surface area (Å²) in [5.74, 6) is -2.86. The Balaban J connectivity index is 1.62. The summed E-state index contributed by atoms with van der Waals surface area (Å²) < 4.78 is 12.4. The molecule has 4 aliphatic heterocycles. The number of hydrogen-bond donors (Lipinski definition) is 1. The highest BCUT2D eigenvalue weighted by molar-refractivity contribution is 6.05. The number of carbonyl (C=O) groups is 3. The lowest BCUT2D eigenvalue weighted by molar-refractivity contribution is -0.160. The third kappa shape index (κ3) is 4.77. The minimum Gasteiger partial charge on any atom is -0.465 e. The summed E-state index contributed by atoms with van der Waals surface area (Å²) in [5.41, 5.74) is -0.735. The number of hydrogen-bond acceptors (Lipinski definition) is 7. The molecule has 0 radical (unpaired) electrons. The average molecular weight is 566 g/mol. The maximum atomic E-state index is 14.7. The molecule has 0 saturated carbocycles. The van der Waals surface area contributed by atoms with E-state index >= 15 is 0 Å². The highest BCUT2D eigenvalue weighted by Gasteiger charge is 2.75. The van der Waals surface area contributed by atoms with Gasteiger partial charge in [-0.15, -0.1) is 0 Å². The molecule has 0 bridgehead atoms. The third-order valence-electron chi connectivity index (χ3n) is 9.10. The summed E-state index contributed by atoms with van der Waals surface area (Å²) in [6, 6.07) is 6.21. The largest absolute Gasteiger partial charge is 0.465 e. The zero-order chi connectivity index (χ0) is 29.5. The van der Waals surface area contributed by atoms with Gasteiger partial charge in [0, 0.05) is 31.0 Å². The van der Waals surface area contributed by atoms with Crippen molar-refractivity contribution in [1.82, 2.24) is 4.90 Å². The van der Waals surface area contributed by atoms with Gasteiger partial charge in [-0.25, -0.2) is 0 Å². The Morgan fingerprint density at radius 3 is 2.37 bits per heavy atom. The van der Waals surface area contributed by atoms with Crippen LogP contribution in [0.5, 0.6) is 0 Å². The van der Waals surface area contributed by atoms with Gasteiger partial charge in [0.15, 0.2) is 0 Å². The molecule has 9 heteroatoms. The van der Waals surface area contributed by atoms with Crippen LogP contribution in [0.4, 0.5) is 11.4 Å². The van der Waals surface area contributed by atoms with Gasteiger partial charge in [0.05, 0.1) is 30.8 Å². The number of amides is 2. The molecule has 2 amide bonds. The molecule has 4 aliphatic rings. The van der Waals surface area contributed by atoms with Crippen molar-refractivity contribution in [2.24, 2.45) is 17.8 Å². The Bertz CT molecular complexity index is 1220. The van der Waals surface area contributed by atoms with Crippen LogP contribution in [0.15, 0.2) is 48.6 Å². The van der Waals surface area contributed by atoms with Crippen molar-refractivity contribution in [3.63, 3.8) is 0 Å². The van der Waals surface area contributed by atoms with Crippen molar-refractivity contribution in [3.8, 4) is 0 Å². The number of aliphatic hydroxyl groups excluding tert-OH is 1. The smallest absolute Gasteiger partial charge is 0.313 e. The normalized spacial score (nSPS) is 31.8. The average Bonchev–Trinajstić information content (AvgIpc) is 3.27. The van der Waals surface area contributed by atoms with Gasteiger partial charge in [-0.05, 0) is 63.8 Å². The number of ether oxygens (including phenoxy) is 2. The molecule has 2 fully saturated rings. The molecule has 1 aromatic carbocycles. The van der Waals surface area contributed by atoms with E-state index in [-0.39, 0.29) is 37.5 Å². The Kier molecular flexibility index (Phi) is 8.05. The summed E-state index contributed by atoms with van der Waals surface area (Å²) in [6.45, 7) is 12.0. The van der Waals surface area contributed by atoms with Gasteiger partial charge in [0.2, 0.25) is 5.91 Å². The van der Waals surface area contributed by atoms with Crippen LogP contribution >= 0.6 is 0 Å². The molecule has 222 valence electrons. The number of benzene rings is 1. The van der Waals surface area contributed by atoms with Crippen LogP contribution in [0.3, 0.4) is 0 Å². The lowest BCUT2D eigenvalue weighted by atomic mass is 9.74. The molecule has 1 aromatic rings. The van der Waals surface area contributed by atoms with E-state index in [0.717, 1.165) is 18.8 Å². The molecule has 1 N–H and O–H groups in total. The van der Waals surface area contributed by atoms with Crippen LogP contribution in [-0.4, -0.2) is 83.9 Å². The number of carbonyl (C=O) groups excluding carboxylic acids is 3. The lowest BCUT2D eigenvalue weighted by Crippen LogP contribution is -2.59. The summed E-state index contributed by atoms with van der Waals surface area (Å²) in [6.07, 6.45) is 8.51. The van der Waals surface area contributed by atoms with E-state index in [4.69, 9.17) is 9.47 Å². The predicted octanol–water partition coefficient (Wildman–Crippen LogP) is 3.32. The fourth-order valence-corrected chi connectivity index (χ4v) is 7.30. The molecular formula is C32H43N3O6. The molecule has 6 atom stereocenters. The second-order valence-electron chi connectivity index (χ2n) is 12.1. The van der Waals surface area contributed by atoms with E-state index in [1.165, 1.54) is 4.90 Å². The molecule has 4 heterocycles. The zero-order valence-electron chi connectivity index (χ0n) is 24.8. The number of nitrogens with zero attached hydrogens (tertiary/aromatic N) is 3. The minimum absolute atomic E-state index is 0.164. The molecule has 41 heavy (non-hydrogen) atoms. The van der Waals surface area contributed by atoms with Gasteiger partial charge in [-0.3, -0.25) is 14.4 Å². The predicted molar refractivity (Wildman–Crippen MR) is 156 cm³/mol. The van der Waals surface area contributed by atoms with Crippen LogP contribution in [0.2, 0.25) is 0 Å². The van der Waals surface area contributed by atoms with Gasteiger partial charge in [-0.2, -0.15) is 0 Å². The number of esters is 1. The standard InChI is InChI=1S/C32H43N3O6/c1-6-33(7-2)22-11-13-23(14-12-22)34-17-10-16-32-25(26-30(39)40-18-9-8-15-31(26,5)41-32)28(37)35(27(32)29(34)38)24(20-36)19-21(3)4/h8,10-16,21,24-27,36H,6-7,9,17-20H2,1-5H3/t24-,25+,26+,27?,31-,32+/m1/s1. The fraction of sp³-hybridized carbons (Fsp3) is 0.594. The molecule has 2 saturated heterocycles. The molecule has 9 nitrogen and oxygen atoms in total. The maximum absolute atomic E-state index is 14.7. The van der Waals surface area contributed by atoms with E-state index in [9.17, 15) is 19.5 Å². The van der Waals surface area contributed by atoms with Crippen LogP contribution in [-0.2, 0) is 23.9 Å². The number of likely N-dealkylation sites (tertiary alicyclic amines) is 1. The van der Waals surface area contributed by atoms with Crippen molar-refractivity contribution < 1.29 is 29.0 Å². The fourth-order valence-electron chi connectivity index (χ4n) is 7.30. The van der Waals surface area contributed by atoms with Crippen LogP contribution in [0.1, 0.15) is 47.5 Å². The second kappa shape index (κ2) is 11.2. The molecule has 0 aliphatic carbocycles. The Hall–Kier alpha value is -3.17. The second-order valence-corrected chi connectivity index (χ2v) is 12.1. The van der Waals surface area contributed by atoms with Crippen LogP contribution in [0.25, 0.3) is 0 Å². The van der Waals surface area contributed by atoms with E-state index in [0.29, 0.717) is 18.5 Å². The number of cyclic esters (lactones) is 1. The minimum atomic E-state index is -1.39. The molecule has 1 unspecified atom stereocenters.